The maximum absolute atomic E-state index is 13.5. The number of aromatic hydroxyl groups is 1. The number of rotatable bonds is 8. The molecule has 4 N–H and O–H groups in total. The number of nitrogens with one attached hydrogen (secondary N) is 2. The SMILES string of the molecule is O=C(O)CN(C(=O)C(=O)c1c[nH]c2cc(O)ccc12)C(C(=O)NC1CCOCC1)C1CCCCC1. The van der Waals surface area contributed by atoms with Gasteiger partial charge in [-0.05, 0) is 43.7 Å². The second-order valence-corrected chi connectivity index (χ2v) is 9.33. The molecule has 10 nitrogen and oxygen atoms in total. The molecule has 1 aromatic carbocycles. The van der Waals surface area contributed by atoms with Gasteiger partial charge in [-0.2, -0.15) is 0 Å². The summed E-state index contributed by atoms with van der Waals surface area (Å²) in [6.07, 6.45) is 6.75. The Balaban J connectivity index is 1.65. The van der Waals surface area contributed by atoms with E-state index in [1.165, 1.54) is 24.4 Å². The molecule has 0 radical (unpaired) electrons. The number of aromatic amines is 1. The first-order valence-corrected chi connectivity index (χ1v) is 12.1. The number of H-pyrrole nitrogens is 1. The topological polar surface area (TPSA) is 149 Å². The number of carboxylic acid groups (broad SMARTS) is 1. The molecule has 10 heteroatoms. The van der Waals surface area contributed by atoms with Gasteiger partial charge in [0.2, 0.25) is 5.91 Å². The van der Waals surface area contributed by atoms with Crippen LogP contribution in [0.5, 0.6) is 5.75 Å². The highest BCUT2D eigenvalue weighted by Crippen LogP contribution is 2.31. The van der Waals surface area contributed by atoms with E-state index in [-0.39, 0.29) is 23.3 Å². The summed E-state index contributed by atoms with van der Waals surface area (Å²) in [5, 5.41) is 22.7. The number of nitrogens with zero attached hydrogens (tertiary/aromatic N) is 1. The molecule has 1 aromatic heterocycles. The Morgan fingerprint density at radius 1 is 1.09 bits per heavy atom. The molecule has 35 heavy (non-hydrogen) atoms. The van der Waals surface area contributed by atoms with Crippen LogP contribution in [-0.2, 0) is 19.1 Å². The molecule has 0 spiro atoms. The van der Waals surface area contributed by atoms with Crippen LogP contribution in [0.2, 0.25) is 0 Å². The zero-order chi connectivity index (χ0) is 24.9. The van der Waals surface area contributed by atoms with E-state index in [1.54, 1.807) is 0 Å². The number of amides is 2. The van der Waals surface area contributed by atoms with Gasteiger partial charge in [0.15, 0.2) is 0 Å². The van der Waals surface area contributed by atoms with Gasteiger partial charge in [0.1, 0.15) is 18.3 Å². The van der Waals surface area contributed by atoms with Gasteiger partial charge in [-0.3, -0.25) is 19.2 Å². The van der Waals surface area contributed by atoms with E-state index in [0.29, 0.717) is 49.8 Å². The molecule has 2 aromatic rings. The first kappa shape index (κ1) is 24.7. The highest BCUT2D eigenvalue weighted by atomic mass is 16.5. The Morgan fingerprint density at radius 2 is 1.80 bits per heavy atom. The normalized spacial score (nSPS) is 18.2. The second kappa shape index (κ2) is 10.9. The number of phenolic OH excluding ortho intramolecular Hbond substituents is 1. The van der Waals surface area contributed by atoms with E-state index in [9.17, 15) is 29.4 Å². The first-order valence-electron chi connectivity index (χ1n) is 12.1. The molecule has 2 fully saturated rings. The molecule has 0 bridgehead atoms. The molecule has 188 valence electrons. The summed E-state index contributed by atoms with van der Waals surface area (Å²) in [5.74, 6) is -3.88. The molecule has 1 unspecified atom stereocenters. The molecule has 1 aliphatic carbocycles. The van der Waals surface area contributed by atoms with Crippen molar-refractivity contribution >= 4 is 34.5 Å². The summed E-state index contributed by atoms with van der Waals surface area (Å²) in [5.41, 5.74) is 0.527. The van der Waals surface area contributed by atoms with Crippen LogP contribution in [0, 0.1) is 5.92 Å². The molecule has 1 aliphatic heterocycles. The number of carboxylic acids is 1. The number of benzene rings is 1. The third kappa shape index (κ3) is 5.64. The van der Waals surface area contributed by atoms with Crippen molar-refractivity contribution in [2.45, 2.75) is 57.0 Å². The minimum Gasteiger partial charge on any atom is -0.508 e. The number of carbonyl (C=O) groups is 4. The van der Waals surface area contributed by atoms with Crippen LogP contribution in [0.1, 0.15) is 55.3 Å². The lowest BCUT2D eigenvalue weighted by Crippen LogP contribution is -2.58. The minimum absolute atomic E-state index is 0.000625. The smallest absolute Gasteiger partial charge is 0.323 e. The van der Waals surface area contributed by atoms with Crippen molar-refractivity contribution in [3.63, 3.8) is 0 Å². The Morgan fingerprint density at radius 3 is 2.49 bits per heavy atom. The van der Waals surface area contributed by atoms with E-state index in [2.05, 4.69) is 10.3 Å². The van der Waals surface area contributed by atoms with E-state index in [0.717, 1.165) is 24.2 Å². The fourth-order valence-corrected chi connectivity index (χ4v) is 5.18. The van der Waals surface area contributed by atoms with Gasteiger partial charge in [-0.1, -0.05) is 19.3 Å². The van der Waals surface area contributed by atoms with Crippen molar-refractivity contribution in [3.8, 4) is 5.75 Å². The maximum Gasteiger partial charge on any atom is 0.323 e. The van der Waals surface area contributed by atoms with Crippen LogP contribution >= 0.6 is 0 Å². The van der Waals surface area contributed by atoms with E-state index in [4.69, 9.17) is 4.74 Å². The summed E-state index contributed by atoms with van der Waals surface area (Å²) in [6, 6.07) is 3.16. The monoisotopic (exact) mass is 485 g/mol. The number of phenols is 1. The number of carbonyl (C=O) groups excluding carboxylic acids is 3. The second-order valence-electron chi connectivity index (χ2n) is 9.33. The number of Topliss-reactive ketones (excluding diaryl/α,β-unsaturated/α-hetero) is 1. The van der Waals surface area contributed by atoms with Crippen molar-refractivity contribution in [2.24, 2.45) is 5.92 Å². The number of fused-ring (bicyclic) bond motifs is 1. The number of ketones is 1. The number of hydrogen-bond acceptors (Lipinski definition) is 6. The standard InChI is InChI=1S/C25H31N3O7/c29-17-6-7-18-19(13-26-20(18)12-17)23(32)25(34)28(14-21(30)31)22(15-4-2-1-3-5-15)24(33)27-16-8-10-35-11-9-16/h6-7,12-13,15-16,22,26,29H,1-5,8-11,14H2,(H,27,33)(H,30,31). The van der Waals surface area contributed by atoms with Crippen molar-refractivity contribution < 1.29 is 34.1 Å². The molecule has 2 heterocycles. The Labute approximate surface area is 202 Å². The Bertz CT molecular complexity index is 1100. The van der Waals surface area contributed by atoms with Crippen molar-refractivity contribution in [1.82, 2.24) is 15.2 Å². The molecule has 1 atom stereocenters. The fraction of sp³-hybridized carbons (Fsp3) is 0.520. The summed E-state index contributed by atoms with van der Waals surface area (Å²) in [4.78, 5) is 55.9. The lowest BCUT2D eigenvalue weighted by Gasteiger charge is -2.37. The van der Waals surface area contributed by atoms with E-state index >= 15 is 0 Å². The molecule has 2 aliphatic rings. The minimum atomic E-state index is -1.30. The van der Waals surface area contributed by atoms with Gasteiger partial charge in [0.05, 0.1) is 5.56 Å². The first-order chi connectivity index (χ1) is 16.8. The van der Waals surface area contributed by atoms with Gasteiger partial charge >= 0.3 is 5.97 Å². The highest BCUT2D eigenvalue weighted by molar-refractivity contribution is 6.45. The van der Waals surface area contributed by atoms with Gasteiger partial charge in [-0.25, -0.2) is 0 Å². The molecule has 2 amide bonds. The average molecular weight is 486 g/mol. The van der Waals surface area contributed by atoms with Gasteiger partial charge in [0.25, 0.3) is 11.7 Å². The fourth-order valence-electron chi connectivity index (χ4n) is 5.18. The average Bonchev–Trinajstić information content (AvgIpc) is 3.26. The molecule has 1 saturated carbocycles. The van der Waals surface area contributed by atoms with Crippen LogP contribution in [0.15, 0.2) is 24.4 Å². The maximum atomic E-state index is 13.5. The molecular weight excluding hydrogens is 454 g/mol. The van der Waals surface area contributed by atoms with Crippen LogP contribution in [0.4, 0.5) is 0 Å². The van der Waals surface area contributed by atoms with Crippen molar-refractivity contribution in [3.05, 3.63) is 30.0 Å². The number of hydrogen-bond donors (Lipinski definition) is 4. The van der Waals surface area contributed by atoms with Gasteiger partial charge in [0, 0.05) is 42.4 Å². The zero-order valence-corrected chi connectivity index (χ0v) is 19.5. The Kier molecular flexibility index (Phi) is 7.70. The van der Waals surface area contributed by atoms with Crippen molar-refractivity contribution in [1.29, 1.82) is 0 Å². The van der Waals surface area contributed by atoms with Crippen LogP contribution in [0.25, 0.3) is 10.9 Å². The van der Waals surface area contributed by atoms with Crippen LogP contribution in [-0.4, -0.2) is 75.5 Å². The van der Waals surface area contributed by atoms with Crippen molar-refractivity contribution in [2.75, 3.05) is 19.8 Å². The number of aromatic nitrogens is 1. The van der Waals surface area contributed by atoms with Crippen LogP contribution < -0.4 is 5.32 Å². The van der Waals surface area contributed by atoms with E-state index < -0.39 is 36.2 Å². The summed E-state index contributed by atoms with van der Waals surface area (Å²) in [7, 11) is 0. The highest BCUT2D eigenvalue weighted by Gasteiger charge is 2.41. The lowest BCUT2D eigenvalue weighted by molar-refractivity contribution is -0.148. The lowest BCUT2D eigenvalue weighted by atomic mass is 9.82. The molecule has 1 saturated heterocycles. The van der Waals surface area contributed by atoms with Gasteiger partial charge in [-0.15, -0.1) is 0 Å². The summed E-state index contributed by atoms with van der Waals surface area (Å²) < 4.78 is 5.35. The third-order valence-electron chi connectivity index (χ3n) is 6.94. The van der Waals surface area contributed by atoms with E-state index in [1.807, 2.05) is 0 Å². The summed E-state index contributed by atoms with van der Waals surface area (Å²) in [6.45, 7) is 0.285. The van der Waals surface area contributed by atoms with Crippen LogP contribution in [0.3, 0.4) is 0 Å². The predicted octanol–water partition coefficient (Wildman–Crippen LogP) is 2.21. The number of ether oxygens (including phenoxy) is 1. The molecule has 4 rings (SSSR count). The molecular formula is C25H31N3O7. The third-order valence-corrected chi connectivity index (χ3v) is 6.94. The number of aliphatic carboxylic acids is 1. The van der Waals surface area contributed by atoms with Gasteiger partial charge < -0.3 is 30.2 Å². The summed E-state index contributed by atoms with van der Waals surface area (Å²) >= 11 is 0. The zero-order valence-electron chi connectivity index (χ0n) is 19.5. The quantitative estimate of drug-likeness (QED) is 0.331. The predicted molar refractivity (Wildman–Crippen MR) is 126 cm³/mol. The largest absolute Gasteiger partial charge is 0.508 e. The Hall–Kier alpha value is -3.40.